The molecule has 0 spiro atoms. The molecule has 1 aromatic heterocycles. The third-order valence-electron chi connectivity index (χ3n) is 3.08. The molecule has 1 saturated carbocycles. The maximum absolute atomic E-state index is 5.78. The quantitative estimate of drug-likeness (QED) is 0.583. The van der Waals surface area contributed by atoms with Gasteiger partial charge in [0.15, 0.2) is 0 Å². The molecule has 1 fully saturated rings. The first-order valence-electron chi connectivity index (χ1n) is 6.37. The van der Waals surface area contributed by atoms with Crippen molar-refractivity contribution in [1.29, 1.82) is 0 Å². The zero-order valence-corrected chi connectivity index (χ0v) is 10.3. The van der Waals surface area contributed by atoms with E-state index < -0.39 is 0 Å². The molecule has 94 valence electrons. The Morgan fingerprint density at radius 3 is 3.12 bits per heavy atom. The molecular weight excluding hydrogens is 214 g/mol. The molecule has 1 N–H and O–H groups in total. The fourth-order valence-electron chi connectivity index (χ4n) is 2.21. The Morgan fingerprint density at radius 1 is 1.53 bits per heavy atom. The van der Waals surface area contributed by atoms with Crippen molar-refractivity contribution in [3.8, 4) is 0 Å². The van der Waals surface area contributed by atoms with Crippen molar-refractivity contribution in [1.82, 2.24) is 9.55 Å². The Bertz CT molecular complexity index is 342. The van der Waals surface area contributed by atoms with Gasteiger partial charge >= 0.3 is 0 Å². The first kappa shape index (κ1) is 12.2. The van der Waals surface area contributed by atoms with Gasteiger partial charge in [-0.25, -0.2) is 4.98 Å². The number of rotatable bonds is 7. The summed E-state index contributed by atoms with van der Waals surface area (Å²) < 4.78 is 7.81. The van der Waals surface area contributed by atoms with Crippen LogP contribution in [0, 0.1) is 0 Å². The van der Waals surface area contributed by atoms with Crippen molar-refractivity contribution in [2.24, 2.45) is 0 Å². The third-order valence-corrected chi connectivity index (χ3v) is 3.08. The van der Waals surface area contributed by atoms with Gasteiger partial charge < -0.3 is 14.6 Å². The van der Waals surface area contributed by atoms with E-state index in [9.17, 15) is 0 Å². The van der Waals surface area contributed by atoms with Crippen molar-refractivity contribution in [2.75, 3.05) is 18.5 Å². The van der Waals surface area contributed by atoms with Crippen LogP contribution in [-0.4, -0.2) is 28.8 Å². The predicted molar refractivity (Wildman–Crippen MR) is 69.1 cm³/mol. The van der Waals surface area contributed by atoms with Crippen molar-refractivity contribution < 1.29 is 4.74 Å². The van der Waals surface area contributed by atoms with Crippen LogP contribution in [0.4, 0.5) is 5.95 Å². The molecule has 0 unspecified atom stereocenters. The zero-order chi connectivity index (χ0) is 11.9. The summed E-state index contributed by atoms with van der Waals surface area (Å²) in [6.45, 7) is 6.07. The molecule has 4 heteroatoms. The van der Waals surface area contributed by atoms with Gasteiger partial charge in [0.05, 0.1) is 12.7 Å². The molecule has 0 aromatic carbocycles. The highest BCUT2D eigenvalue weighted by molar-refractivity contribution is 5.25. The largest absolute Gasteiger partial charge is 0.376 e. The molecule has 0 aliphatic heterocycles. The van der Waals surface area contributed by atoms with Crippen LogP contribution in [0.2, 0.25) is 0 Å². The van der Waals surface area contributed by atoms with Crippen LogP contribution >= 0.6 is 0 Å². The fourth-order valence-corrected chi connectivity index (χ4v) is 2.21. The Balaban J connectivity index is 1.66. The average Bonchev–Trinajstić information content (AvgIpc) is 2.96. The minimum absolute atomic E-state index is 0.490. The first-order valence-corrected chi connectivity index (χ1v) is 6.37. The zero-order valence-electron chi connectivity index (χ0n) is 10.3. The summed E-state index contributed by atoms with van der Waals surface area (Å²) >= 11 is 0. The monoisotopic (exact) mass is 235 g/mol. The molecule has 1 aromatic rings. The van der Waals surface area contributed by atoms with Crippen molar-refractivity contribution in [3.05, 3.63) is 25.0 Å². The highest BCUT2D eigenvalue weighted by Gasteiger charge is 2.14. The van der Waals surface area contributed by atoms with Gasteiger partial charge in [0, 0.05) is 25.5 Å². The second-order valence-electron chi connectivity index (χ2n) is 4.40. The van der Waals surface area contributed by atoms with Gasteiger partial charge in [-0.15, -0.1) is 6.58 Å². The summed E-state index contributed by atoms with van der Waals surface area (Å²) in [7, 11) is 0. The number of anilines is 1. The highest BCUT2D eigenvalue weighted by Crippen LogP contribution is 2.20. The normalized spacial score (nSPS) is 16.2. The summed E-state index contributed by atoms with van der Waals surface area (Å²) in [5.74, 6) is 0.889. The maximum atomic E-state index is 5.78. The molecule has 0 bridgehead atoms. The smallest absolute Gasteiger partial charge is 0.203 e. The van der Waals surface area contributed by atoms with E-state index in [1.807, 2.05) is 16.8 Å². The van der Waals surface area contributed by atoms with Crippen LogP contribution in [0.3, 0.4) is 0 Å². The van der Waals surface area contributed by atoms with Crippen LogP contribution in [-0.2, 0) is 11.3 Å². The Kier molecular flexibility index (Phi) is 4.62. The van der Waals surface area contributed by atoms with E-state index in [1.165, 1.54) is 25.7 Å². The minimum atomic E-state index is 0.490. The van der Waals surface area contributed by atoms with Gasteiger partial charge in [0.2, 0.25) is 5.95 Å². The van der Waals surface area contributed by atoms with E-state index in [2.05, 4.69) is 16.9 Å². The number of nitrogens with one attached hydrogen (secondary N) is 1. The van der Waals surface area contributed by atoms with Crippen LogP contribution in [0.5, 0.6) is 0 Å². The Labute approximate surface area is 103 Å². The number of aromatic nitrogens is 2. The van der Waals surface area contributed by atoms with Crippen molar-refractivity contribution >= 4 is 5.95 Å². The molecule has 1 heterocycles. The number of hydrogen-bond acceptors (Lipinski definition) is 3. The number of imidazole rings is 1. The number of hydrogen-bond donors (Lipinski definition) is 1. The molecule has 0 atom stereocenters. The molecule has 17 heavy (non-hydrogen) atoms. The van der Waals surface area contributed by atoms with Gasteiger partial charge in [0.1, 0.15) is 0 Å². The maximum Gasteiger partial charge on any atom is 0.203 e. The average molecular weight is 235 g/mol. The van der Waals surface area contributed by atoms with Crippen LogP contribution in [0.1, 0.15) is 25.7 Å². The number of nitrogens with zero attached hydrogens (tertiary/aromatic N) is 2. The summed E-state index contributed by atoms with van der Waals surface area (Å²) in [4.78, 5) is 4.25. The van der Waals surface area contributed by atoms with E-state index >= 15 is 0 Å². The third kappa shape index (κ3) is 3.60. The number of ether oxygens (including phenoxy) is 1. The molecule has 1 aliphatic carbocycles. The second-order valence-corrected chi connectivity index (χ2v) is 4.40. The number of allylic oxidation sites excluding steroid dienone is 1. The standard InChI is InChI=1S/C13H21N3O/c1-2-9-16-10-7-14-13(16)15-8-11-17-12-5-3-4-6-12/h2,7,10,12H,1,3-6,8-9,11H2,(H,14,15). The van der Waals surface area contributed by atoms with Crippen LogP contribution < -0.4 is 5.32 Å². The molecule has 0 radical (unpaired) electrons. The van der Waals surface area contributed by atoms with E-state index in [1.54, 1.807) is 6.20 Å². The summed E-state index contributed by atoms with van der Waals surface area (Å²) in [5.41, 5.74) is 0. The van der Waals surface area contributed by atoms with Gasteiger partial charge in [0.25, 0.3) is 0 Å². The van der Waals surface area contributed by atoms with E-state index in [4.69, 9.17) is 4.74 Å². The van der Waals surface area contributed by atoms with Crippen LogP contribution in [0.15, 0.2) is 25.0 Å². The van der Waals surface area contributed by atoms with Crippen LogP contribution in [0.25, 0.3) is 0 Å². The van der Waals surface area contributed by atoms with Crippen molar-refractivity contribution in [3.63, 3.8) is 0 Å². The second kappa shape index (κ2) is 6.45. The molecule has 0 saturated heterocycles. The molecule has 2 rings (SSSR count). The first-order chi connectivity index (χ1) is 8.40. The van der Waals surface area contributed by atoms with Crippen molar-refractivity contribution in [2.45, 2.75) is 38.3 Å². The summed E-state index contributed by atoms with van der Waals surface area (Å²) in [5, 5.41) is 3.28. The van der Waals surface area contributed by atoms with Gasteiger partial charge in [-0.2, -0.15) is 0 Å². The van der Waals surface area contributed by atoms with Gasteiger partial charge in [-0.05, 0) is 12.8 Å². The predicted octanol–water partition coefficient (Wildman–Crippen LogP) is 2.44. The lowest BCUT2D eigenvalue weighted by Crippen LogP contribution is -2.17. The van der Waals surface area contributed by atoms with E-state index in [0.717, 1.165) is 25.6 Å². The van der Waals surface area contributed by atoms with Gasteiger partial charge in [-0.3, -0.25) is 0 Å². The lowest BCUT2D eigenvalue weighted by Gasteiger charge is -2.12. The molecule has 4 nitrogen and oxygen atoms in total. The highest BCUT2D eigenvalue weighted by atomic mass is 16.5. The minimum Gasteiger partial charge on any atom is -0.376 e. The lowest BCUT2D eigenvalue weighted by atomic mass is 10.3. The summed E-state index contributed by atoms with van der Waals surface area (Å²) in [6, 6.07) is 0. The summed E-state index contributed by atoms with van der Waals surface area (Å²) in [6.07, 6.45) is 11.2. The Hall–Kier alpha value is -1.29. The Morgan fingerprint density at radius 2 is 2.35 bits per heavy atom. The van der Waals surface area contributed by atoms with E-state index in [0.29, 0.717) is 6.10 Å². The molecule has 1 aliphatic rings. The lowest BCUT2D eigenvalue weighted by molar-refractivity contribution is 0.0658. The van der Waals surface area contributed by atoms with E-state index in [-0.39, 0.29) is 0 Å². The molecule has 0 amide bonds. The topological polar surface area (TPSA) is 39.1 Å². The van der Waals surface area contributed by atoms with Gasteiger partial charge in [-0.1, -0.05) is 18.9 Å². The SMILES string of the molecule is C=CCn1ccnc1NCCOC1CCCC1. The molecular formula is C13H21N3O. The fraction of sp³-hybridized carbons (Fsp3) is 0.615.